The van der Waals surface area contributed by atoms with E-state index < -0.39 is 6.10 Å². The summed E-state index contributed by atoms with van der Waals surface area (Å²) in [7, 11) is 0. The molecule has 0 saturated carbocycles. The molecule has 2 heterocycles. The zero-order chi connectivity index (χ0) is 14.7. The van der Waals surface area contributed by atoms with Gasteiger partial charge in [0.25, 0.3) is 0 Å². The lowest BCUT2D eigenvalue weighted by atomic mass is 10.1. The average Bonchev–Trinajstić information content (AvgIpc) is 2.96. The van der Waals surface area contributed by atoms with Crippen molar-refractivity contribution in [1.29, 1.82) is 0 Å². The maximum Gasteiger partial charge on any atom is 0.171 e. The van der Waals surface area contributed by atoms with Crippen LogP contribution in [-0.2, 0) is 19.6 Å². The number of aliphatic hydroxyl groups is 1. The Labute approximate surface area is 124 Å². The molecule has 0 fully saturated rings. The molecule has 5 nitrogen and oxygen atoms in total. The molecule has 1 atom stereocenters. The van der Waals surface area contributed by atoms with E-state index in [-0.39, 0.29) is 0 Å². The van der Waals surface area contributed by atoms with Gasteiger partial charge in [-0.2, -0.15) is 0 Å². The van der Waals surface area contributed by atoms with E-state index in [0.29, 0.717) is 13.0 Å². The summed E-state index contributed by atoms with van der Waals surface area (Å²) in [6.45, 7) is 3.38. The highest BCUT2D eigenvalue weighted by Crippen LogP contribution is 2.21. The van der Waals surface area contributed by atoms with Crippen LogP contribution < -0.4 is 4.74 Å². The topological polar surface area (TPSA) is 60.2 Å². The summed E-state index contributed by atoms with van der Waals surface area (Å²) in [5, 5.41) is 18.2. The molecular formula is C16H21N3O2. The molecule has 5 heteroatoms. The van der Waals surface area contributed by atoms with Crippen LogP contribution in [0.3, 0.4) is 0 Å². The minimum absolute atomic E-state index is 0.400. The van der Waals surface area contributed by atoms with Gasteiger partial charge in [0.1, 0.15) is 18.2 Å². The van der Waals surface area contributed by atoms with E-state index >= 15 is 0 Å². The molecule has 0 radical (unpaired) electrons. The van der Waals surface area contributed by atoms with Crippen LogP contribution in [-0.4, -0.2) is 19.9 Å². The van der Waals surface area contributed by atoms with Gasteiger partial charge in [-0.05, 0) is 37.0 Å². The number of rotatable bonds is 5. The molecule has 0 amide bonds. The highest BCUT2D eigenvalue weighted by Gasteiger charge is 2.15. The van der Waals surface area contributed by atoms with Crippen LogP contribution in [0.5, 0.6) is 5.75 Å². The van der Waals surface area contributed by atoms with Crippen molar-refractivity contribution in [2.24, 2.45) is 0 Å². The third-order valence-electron chi connectivity index (χ3n) is 3.96. The van der Waals surface area contributed by atoms with Crippen LogP contribution in [0, 0.1) is 0 Å². The second kappa shape index (κ2) is 6.26. The molecule has 0 bridgehead atoms. The lowest BCUT2D eigenvalue weighted by Crippen LogP contribution is -2.14. The van der Waals surface area contributed by atoms with Crippen molar-refractivity contribution in [3.63, 3.8) is 0 Å². The smallest absolute Gasteiger partial charge is 0.171 e. The molecule has 1 aliphatic heterocycles. The van der Waals surface area contributed by atoms with Crippen LogP contribution in [0.1, 0.15) is 49.5 Å². The summed E-state index contributed by atoms with van der Waals surface area (Å²) >= 11 is 0. The number of nitrogens with zero attached hydrogens (tertiary/aromatic N) is 3. The molecule has 0 aliphatic carbocycles. The van der Waals surface area contributed by atoms with Gasteiger partial charge in [-0.25, -0.2) is 0 Å². The quantitative estimate of drug-likeness (QED) is 0.918. The Morgan fingerprint density at radius 1 is 1.24 bits per heavy atom. The van der Waals surface area contributed by atoms with Crippen LogP contribution in [0.15, 0.2) is 24.3 Å². The standard InChI is InChI=1S/C16H21N3O2/c1-2-14(20)12-6-8-13(9-7-12)21-11-16-18-17-15-5-3-4-10-19(15)16/h6-9,14,20H,2-5,10-11H2,1H3. The molecular weight excluding hydrogens is 266 g/mol. The van der Waals surface area contributed by atoms with Gasteiger partial charge >= 0.3 is 0 Å². The second-order valence-electron chi connectivity index (χ2n) is 5.42. The summed E-state index contributed by atoms with van der Waals surface area (Å²) < 4.78 is 7.95. The van der Waals surface area contributed by atoms with Crippen molar-refractivity contribution in [2.75, 3.05) is 0 Å². The van der Waals surface area contributed by atoms with Crippen molar-refractivity contribution >= 4 is 0 Å². The molecule has 1 unspecified atom stereocenters. The first-order valence-electron chi connectivity index (χ1n) is 7.59. The first-order chi connectivity index (χ1) is 10.3. The van der Waals surface area contributed by atoms with Gasteiger partial charge in [0.2, 0.25) is 0 Å². The molecule has 3 rings (SSSR count). The zero-order valence-corrected chi connectivity index (χ0v) is 12.3. The van der Waals surface area contributed by atoms with Crippen LogP contribution >= 0.6 is 0 Å². The predicted octanol–water partition coefficient (Wildman–Crippen LogP) is 2.64. The Hall–Kier alpha value is -1.88. The van der Waals surface area contributed by atoms with E-state index in [1.165, 1.54) is 12.8 Å². The molecule has 0 spiro atoms. The lowest BCUT2D eigenvalue weighted by molar-refractivity contribution is 0.173. The van der Waals surface area contributed by atoms with Crippen LogP contribution in [0.4, 0.5) is 0 Å². The van der Waals surface area contributed by atoms with Gasteiger partial charge in [-0.3, -0.25) is 0 Å². The fourth-order valence-electron chi connectivity index (χ4n) is 2.65. The van der Waals surface area contributed by atoms with Gasteiger partial charge in [0, 0.05) is 13.0 Å². The maximum atomic E-state index is 9.77. The molecule has 2 aromatic rings. The normalized spacial score (nSPS) is 15.5. The minimum Gasteiger partial charge on any atom is -0.486 e. The number of hydrogen-bond acceptors (Lipinski definition) is 4. The maximum absolute atomic E-state index is 9.77. The highest BCUT2D eigenvalue weighted by atomic mass is 16.5. The van der Waals surface area contributed by atoms with Crippen molar-refractivity contribution in [3.05, 3.63) is 41.5 Å². The average molecular weight is 287 g/mol. The molecule has 1 aromatic carbocycles. The predicted molar refractivity (Wildman–Crippen MR) is 79.0 cm³/mol. The third kappa shape index (κ3) is 3.08. The third-order valence-corrected chi connectivity index (χ3v) is 3.96. The summed E-state index contributed by atoms with van der Waals surface area (Å²) in [5.41, 5.74) is 0.921. The van der Waals surface area contributed by atoms with Crippen molar-refractivity contribution < 1.29 is 9.84 Å². The number of hydrogen-bond donors (Lipinski definition) is 1. The van der Waals surface area contributed by atoms with Crippen molar-refractivity contribution in [3.8, 4) is 5.75 Å². The monoisotopic (exact) mass is 287 g/mol. The fraction of sp³-hybridized carbons (Fsp3) is 0.500. The molecule has 112 valence electrons. The van der Waals surface area contributed by atoms with Crippen LogP contribution in [0.2, 0.25) is 0 Å². The number of aromatic nitrogens is 3. The Kier molecular flexibility index (Phi) is 4.20. The molecule has 1 aromatic heterocycles. The van der Waals surface area contributed by atoms with E-state index in [0.717, 1.165) is 35.9 Å². The fourth-order valence-corrected chi connectivity index (χ4v) is 2.65. The number of aliphatic hydroxyl groups excluding tert-OH is 1. The summed E-state index contributed by atoms with van der Waals surface area (Å²) in [4.78, 5) is 0. The van der Waals surface area contributed by atoms with Gasteiger partial charge in [-0.1, -0.05) is 19.1 Å². The van der Waals surface area contributed by atoms with Crippen molar-refractivity contribution in [1.82, 2.24) is 14.8 Å². The second-order valence-corrected chi connectivity index (χ2v) is 5.42. The van der Waals surface area contributed by atoms with Gasteiger partial charge < -0.3 is 14.4 Å². The molecule has 21 heavy (non-hydrogen) atoms. The number of fused-ring (bicyclic) bond motifs is 1. The zero-order valence-electron chi connectivity index (χ0n) is 12.3. The summed E-state index contributed by atoms with van der Waals surface area (Å²) in [6.07, 6.45) is 3.70. The van der Waals surface area contributed by atoms with E-state index in [4.69, 9.17) is 4.74 Å². The van der Waals surface area contributed by atoms with E-state index in [9.17, 15) is 5.11 Å². The van der Waals surface area contributed by atoms with E-state index in [2.05, 4.69) is 14.8 Å². The Bertz CT molecular complexity index is 592. The number of aryl methyl sites for hydroxylation is 1. The van der Waals surface area contributed by atoms with Crippen LogP contribution in [0.25, 0.3) is 0 Å². The van der Waals surface area contributed by atoms with Gasteiger partial charge in [0.05, 0.1) is 6.10 Å². The largest absolute Gasteiger partial charge is 0.486 e. The van der Waals surface area contributed by atoms with Gasteiger partial charge in [-0.15, -0.1) is 10.2 Å². The van der Waals surface area contributed by atoms with Crippen molar-refractivity contribution in [2.45, 2.75) is 51.9 Å². The Balaban J connectivity index is 1.64. The first-order valence-corrected chi connectivity index (χ1v) is 7.59. The summed E-state index contributed by atoms with van der Waals surface area (Å²) in [6, 6.07) is 7.59. The first kappa shape index (κ1) is 14.1. The molecule has 1 N–H and O–H groups in total. The Morgan fingerprint density at radius 2 is 2.05 bits per heavy atom. The van der Waals surface area contributed by atoms with Gasteiger partial charge in [0.15, 0.2) is 5.82 Å². The van der Waals surface area contributed by atoms with E-state index in [1.807, 2.05) is 31.2 Å². The lowest BCUT2D eigenvalue weighted by Gasteiger charge is -2.15. The SMILES string of the molecule is CCC(O)c1ccc(OCc2nnc3n2CCCC3)cc1. The molecule has 1 aliphatic rings. The minimum atomic E-state index is -0.400. The number of ether oxygens (including phenoxy) is 1. The van der Waals surface area contributed by atoms with E-state index in [1.54, 1.807) is 0 Å². The number of benzene rings is 1. The highest BCUT2D eigenvalue weighted by molar-refractivity contribution is 5.28. The molecule has 0 saturated heterocycles. The summed E-state index contributed by atoms with van der Waals surface area (Å²) in [5.74, 6) is 2.75. The Morgan fingerprint density at radius 3 is 2.81 bits per heavy atom.